The van der Waals surface area contributed by atoms with E-state index in [0.29, 0.717) is 0 Å². The van der Waals surface area contributed by atoms with Crippen LogP contribution in [0.4, 0.5) is 0 Å². The Labute approximate surface area is 202 Å². The van der Waals surface area contributed by atoms with Crippen molar-refractivity contribution < 1.29 is 0 Å². The molecular weight excluding hydrogens is 473 g/mol. The van der Waals surface area contributed by atoms with Crippen molar-refractivity contribution in [1.29, 1.82) is 0 Å². The van der Waals surface area contributed by atoms with Gasteiger partial charge in [0.1, 0.15) is 0 Å². The molecule has 0 N–H and O–H groups in total. The van der Waals surface area contributed by atoms with Crippen molar-refractivity contribution in [2.24, 2.45) is 0 Å². The Balaban J connectivity index is 1.43. The van der Waals surface area contributed by atoms with Gasteiger partial charge in [-0.15, -0.1) is 10.2 Å². The minimum absolute atomic E-state index is 0.829. The third-order valence-corrected chi connectivity index (χ3v) is 8.59. The van der Waals surface area contributed by atoms with Crippen LogP contribution in [0.25, 0.3) is 0 Å². The molecule has 14 heteroatoms. The van der Waals surface area contributed by atoms with Gasteiger partial charge in [-0.2, -0.15) is 23.5 Å². The topological polar surface area (TPSA) is 93.7 Å². The maximum atomic E-state index is 4.13. The summed E-state index contributed by atoms with van der Waals surface area (Å²) >= 11 is 7.51. The third kappa shape index (κ3) is 11.8. The first-order chi connectivity index (χ1) is 15.1. The molecule has 10 nitrogen and oxygen atoms in total. The SMILES string of the molecule is CN(C)CCn1nnnc1SCCSCCCSCCSc1nnnn1CCN(C)C. The number of aromatic nitrogens is 8. The number of hydrogen-bond donors (Lipinski definition) is 0. The van der Waals surface area contributed by atoms with E-state index in [1.54, 1.807) is 23.5 Å². The first-order valence-corrected chi connectivity index (χ1v) is 14.6. The Morgan fingerprint density at radius 2 is 1.10 bits per heavy atom. The molecule has 0 amide bonds. The van der Waals surface area contributed by atoms with Gasteiger partial charge in [-0.1, -0.05) is 23.5 Å². The number of rotatable bonds is 18. The van der Waals surface area contributed by atoms with Crippen LogP contribution in [0.1, 0.15) is 6.42 Å². The van der Waals surface area contributed by atoms with Crippen molar-refractivity contribution in [1.82, 2.24) is 50.2 Å². The highest BCUT2D eigenvalue weighted by atomic mass is 32.2. The first kappa shape index (κ1) is 26.7. The molecular formula is C17H34N10S4. The standard InChI is InChI=1S/C17H34N10S4/c1-24(2)6-8-26-16(18-20-22-26)30-14-12-28-10-5-11-29-13-15-31-17-19-21-23-27(17)9-7-25(3)4/h5-15H2,1-4H3. The van der Waals surface area contributed by atoms with E-state index in [2.05, 4.69) is 69.0 Å². The van der Waals surface area contributed by atoms with Crippen LogP contribution < -0.4 is 0 Å². The lowest BCUT2D eigenvalue weighted by atomic mass is 10.6. The lowest BCUT2D eigenvalue weighted by Crippen LogP contribution is -2.19. The van der Waals surface area contributed by atoms with E-state index in [1.165, 1.54) is 17.9 Å². The monoisotopic (exact) mass is 506 g/mol. The molecule has 0 unspecified atom stereocenters. The molecule has 0 fully saturated rings. The zero-order chi connectivity index (χ0) is 22.3. The fourth-order valence-corrected chi connectivity index (χ4v) is 6.33. The average molecular weight is 507 g/mol. The molecule has 2 rings (SSSR count). The minimum atomic E-state index is 0.829. The van der Waals surface area contributed by atoms with Gasteiger partial charge in [0.05, 0.1) is 13.1 Å². The number of thioether (sulfide) groups is 4. The lowest BCUT2D eigenvalue weighted by Gasteiger charge is -2.09. The van der Waals surface area contributed by atoms with E-state index < -0.39 is 0 Å². The van der Waals surface area contributed by atoms with E-state index in [-0.39, 0.29) is 0 Å². The summed E-state index contributed by atoms with van der Waals surface area (Å²) in [6.45, 7) is 3.54. The summed E-state index contributed by atoms with van der Waals surface area (Å²) in [5, 5.41) is 25.8. The Kier molecular flexibility index (Phi) is 13.9. The van der Waals surface area contributed by atoms with Gasteiger partial charge >= 0.3 is 0 Å². The first-order valence-electron chi connectivity index (χ1n) is 10.3. The Hall–Kier alpha value is -0.540. The number of hydrogen-bond acceptors (Lipinski definition) is 12. The molecule has 0 saturated heterocycles. The van der Waals surface area contributed by atoms with Gasteiger partial charge in [0.25, 0.3) is 0 Å². The summed E-state index contributed by atoms with van der Waals surface area (Å²) in [4.78, 5) is 4.27. The highest BCUT2D eigenvalue weighted by molar-refractivity contribution is 8.03. The quantitative estimate of drug-likeness (QED) is 0.217. The fraction of sp³-hybridized carbons (Fsp3) is 0.882. The highest BCUT2D eigenvalue weighted by Gasteiger charge is 2.08. The summed E-state index contributed by atoms with van der Waals surface area (Å²) < 4.78 is 3.79. The van der Waals surface area contributed by atoms with Crippen LogP contribution in [0, 0.1) is 0 Å². The molecule has 176 valence electrons. The molecule has 0 saturated carbocycles. The molecule has 0 aliphatic rings. The molecule has 0 aromatic carbocycles. The fourth-order valence-electron chi connectivity index (χ4n) is 2.32. The van der Waals surface area contributed by atoms with Crippen molar-refractivity contribution in [2.45, 2.75) is 29.8 Å². The zero-order valence-electron chi connectivity index (χ0n) is 18.9. The van der Waals surface area contributed by atoms with Crippen LogP contribution >= 0.6 is 47.0 Å². The molecule has 0 aliphatic heterocycles. The molecule has 0 bridgehead atoms. The van der Waals surface area contributed by atoms with Gasteiger partial charge in [-0.25, -0.2) is 9.36 Å². The molecule has 0 atom stereocenters. The highest BCUT2D eigenvalue weighted by Crippen LogP contribution is 2.18. The lowest BCUT2D eigenvalue weighted by molar-refractivity contribution is 0.361. The van der Waals surface area contributed by atoms with Crippen molar-refractivity contribution in [3.8, 4) is 0 Å². The molecule has 2 aromatic rings. The number of nitrogens with zero attached hydrogens (tertiary/aromatic N) is 10. The summed E-state index contributed by atoms with van der Waals surface area (Å²) in [7, 11) is 8.23. The van der Waals surface area contributed by atoms with Crippen LogP contribution in [0.2, 0.25) is 0 Å². The van der Waals surface area contributed by atoms with Gasteiger partial charge < -0.3 is 9.80 Å². The second-order valence-electron chi connectivity index (χ2n) is 7.25. The predicted octanol–water partition coefficient (Wildman–Crippen LogP) is 1.52. The van der Waals surface area contributed by atoms with Gasteiger partial charge in [0, 0.05) is 36.1 Å². The second kappa shape index (κ2) is 16.1. The summed E-state index contributed by atoms with van der Waals surface area (Å²) in [6, 6.07) is 0. The summed E-state index contributed by atoms with van der Waals surface area (Å²) in [5.41, 5.74) is 0. The van der Waals surface area contributed by atoms with Crippen LogP contribution in [0.3, 0.4) is 0 Å². The zero-order valence-corrected chi connectivity index (χ0v) is 22.1. The largest absolute Gasteiger partial charge is 0.308 e. The average Bonchev–Trinajstić information content (AvgIpc) is 3.37. The van der Waals surface area contributed by atoms with Crippen molar-refractivity contribution in [3.63, 3.8) is 0 Å². The van der Waals surface area contributed by atoms with Gasteiger partial charge in [-0.05, 0) is 67.0 Å². The van der Waals surface area contributed by atoms with E-state index in [4.69, 9.17) is 0 Å². The van der Waals surface area contributed by atoms with Crippen LogP contribution in [0.15, 0.2) is 10.3 Å². The van der Waals surface area contributed by atoms with E-state index in [9.17, 15) is 0 Å². The predicted molar refractivity (Wildman–Crippen MR) is 133 cm³/mol. The van der Waals surface area contributed by atoms with Gasteiger partial charge in [0.2, 0.25) is 10.3 Å². The Morgan fingerprint density at radius 3 is 1.52 bits per heavy atom. The number of likely N-dealkylation sites (N-methyl/N-ethyl adjacent to an activating group) is 2. The maximum Gasteiger partial charge on any atom is 0.209 e. The van der Waals surface area contributed by atoms with Crippen molar-refractivity contribution in [2.75, 3.05) is 75.8 Å². The molecule has 2 aromatic heterocycles. The Bertz CT molecular complexity index is 650. The molecule has 0 aliphatic carbocycles. The van der Waals surface area contributed by atoms with E-state index >= 15 is 0 Å². The Morgan fingerprint density at radius 1 is 0.645 bits per heavy atom. The van der Waals surface area contributed by atoms with Crippen LogP contribution in [-0.2, 0) is 13.1 Å². The van der Waals surface area contributed by atoms with Gasteiger partial charge in [0.15, 0.2) is 0 Å². The van der Waals surface area contributed by atoms with Crippen LogP contribution in [0.5, 0.6) is 0 Å². The van der Waals surface area contributed by atoms with E-state index in [1.807, 2.05) is 32.9 Å². The summed E-state index contributed by atoms with van der Waals surface area (Å²) in [6.07, 6.45) is 1.24. The number of tetrazole rings is 2. The molecule has 31 heavy (non-hydrogen) atoms. The molecule has 2 heterocycles. The maximum absolute atomic E-state index is 4.13. The normalized spacial score (nSPS) is 11.8. The molecule has 0 radical (unpaired) electrons. The van der Waals surface area contributed by atoms with E-state index in [0.717, 1.165) is 59.5 Å². The molecule has 0 spiro atoms. The smallest absolute Gasteiger partial charge is 0.209 e. The van der Waals surface area contributed by atoms with Crippen molar-refractivity contribution >= 4 is 47.0 Å². The van der Waals surface area contributed by atoms with Gasteiger partial charge in [-0.3, -0.25) is 0 Å². The third-order valence-electron chi connectivity index (χ3n) is 4.01. The second-order valence-corrected chi connectivity index (χ2v) is 11.8. The summed E-state index contributed by atoms with van der Waals surface area (Å²) in [5.74, 6) is 6.74. The van der Waals surface area contributed by atoms with Crippen molar-refractivity contribution in [3.05, 3.63) is 0 Å². The van der Waals surface area contributed by atoms with Crippen LogP contribution in [-0.4, -0.2) is 126 Å². The minimum Gasteiger partial charge on any atom is -0.308 e.